The van der Waals surface area contributed by atoms with E-state index in [1.165, 1.54) is 0 Å². The lowest BCUT2D eigenvalue weighted by Gasteiger charge is -2.32. The van der Waals surface area contributed by atoms with E-state index in [4.69, 9.17) is 9.31 Å². The van der Waals surface area contributed by atoms with Crippen LogP contribution in [0.4, 0.5) is 0 Å². The topological polar surface area (TPSA) is 52.6 Å². The first-order valence-electron chi connectivity index (χ1n) is 9.13. The molecule has 2 aromatic carbocycles. The van der Waals surface area contributed by atoms with Crippen LogP contribution in [0.15, 0.2) is 40.9 Å². The summed E-state index contributed by atoms with van der Waals surface area (Å²) in [6, 6.07) is 11.3. The van der Waals surface area contributed by atoms with Gasteiger partial charge in [0.25, 0.3) is 0 Å². The number of benzene rings is 2. The number of hydrogen-bond donors (Lipinski definition) is 0. The monoisotopic (exact) mass is 444 g/mol. The fourth-order valence-corrected chi connectivity index (χ4v) is 3.29. The van der Waals surface area contributed by atoms with Crippen LogP contribution in [0.1, 0.15) is 59.5 Å². The van der Waals surface area contributed by atoms with E-state index in [1.54, 1.807) is 6.07 Å². The number of halogens is 1. The van der Waals surface area contributed by atoms with Crippen molar-refractivity contribution in [3.63, 3.8) is 0 Å². The first kappa shape index (κ1) is 22.5. The molecule has 0 amide bonds. The van der Waals surface area contributed by atoms with Crippen molar-refractivity contribution in [2.45, 2.75) is 52.7 Å². The Morgan fingerprint density at radius 1 is 0.821 bits per heavy atom. The first-order chi connectivity index (χ1) is 13.0. The van der Waals surface area contributed by atoms with Crippen molar-refractivity contribution < 1.29 is 18.9 Å². The quantitative estimate of drug-likeness (QED) is 0.509. The number of aldehydes is 2. The highest BCUT2D eigenvalue weighted by Gasteiger charge is 2.52. The Hall–Kier alpha value is -1.76. The summed E-state index contributed by atoms with van der Waals surface area (Å²) in [7, 11) is -0.477. The molecule has 1 aliphatic rings. The third-order valence-electron chi connectivity index (χ3n) is 5.16. The van der Waals surface area contributed by atoms with Crippen LogP contribution in [-0.2, 0) is 9.31 Å². The summed E-state index contributed by atoms with van der Waals surface area (Å²) in [5, 5.41) is 0. The summed E-state index contributed by atoms with van der Waals surface area (Å²) in [4.78, 5) is 21.4. The van der Waals surface area contributed by atoms with Crippen LogP contribution in [0.3, 0.4) is 0 Å². The van der Waals surface area contributed by atoms with Gasteiger partial charge in [0.1, 0.15) is 6.29 Å². The van der Waals surface area contributed by atoms with Crippen LogP contribution < -0.4 is 5.46 Å². The van der Waals surface area contributed by atoms with Crippen LogP contribution in [0.2, 0.25) is 0 Å². The molecule has 0 bridgehead atoms. The van der Waals surface area contributed by atoms with Crippen LogP contribution in [-0.4, -0.2) is 30.9 Å². The second kappa shape index (κ2) is 8.72. The maximum atomic E-state index is 11.1. The molecular weight excluding hydrogens is 419 g/mol. The third kappa shape index (κ3) is 4.99. The fourth-order valence-electron chi connectivity index (χ4n) is 2.70. The fraction of sp³-hybridized carbons (Fsp3) is 0.364. The molecule has 0 spiro atoms. The van der Waals surface area contributed by atoms with Crippen molar-refractivity contribution in [2.75, 3.05) is 0 Å². The number of aryl methyl sites for hydroxylation is 2. The Morgan fingerprint density at radius 2 is 1.29 bits per heavy atom. The molecule has 0 unspecified atom stereocenters. The lowest BCUT2D eigenvalue weighted by atomic mass is 9.75. The van der Waals surface area contributed by atoms with E-state index in [9.17, 15) is 9.59 Å². The Labute approximate surface area is 175 Å². The Balaban J connectivity index is 0.000000237. The number of carbonyl (C=O) groups excluding carboxylic acids is 2. The molecule has 0 aliphatic carbocycles. The highest BCUT2D eigenvalue weighted by Crippen LogP contribution is 2.36. The molecule has 3 rings (SSSR count). The van der Waals surface area contributed by atoms with E-state index in [-0.39, 0.29) is 11.2 Å². The van der Waals surface area contributed by atoms with E-state index in [0.29, 0.717) is 11.1 Å². The maximum absolute atomic E-state index is 11.1. The van der Waals surface area contributed by atoms with Crippen molar-refractivity contribution in [3.05, 3.63) is 63.1 Å². The zero-order chi connectivity index (χ0) is 21.1. The van der Waals surface area contributed by atoms with E-state index in [2.05, 4.69) is 15.9 Å². The molecule has 0 N–H and O–H groups in total. The molecule has 0 aromatic heterocycles. The van der Waals surface area contributed by atoms with Gasteiger partial charge >= 0.3 is 7.12 Å². The number of hydrogen-bond acceptors (Lipinski definition) is 4. The zero-order valence-corrected chi connectivity index (χ0v) is 18.8. The smallest absolute Gasteiger partial charge is 0.399 e. The SMILES string of the molecule is Cc1ccc(C=O)c(B2OC(C)(C)C(C)(C)O2)c1.Cc1ccc(C=O)c(Br)c1. The summed E-state index contributed by atoms with van der Waals surface area (Å²) in [5.41, 5.74) is 3.60. The minimum Gasteiger partial charge on any atom is -0.399 e. The third-order valence-corrected chi connectivity index (χ3v) is 5.85. The van der Waals surface area contributed by atoms with Crippen molar-refractivity contribution in [1.29, 1.82) is 0 Å². The Morgan fingerprint density at radius 3 is 1.75 bits per heavy atom. The van der Waals surface area contributed by atoms with Crippen LogP contribution in [0.25, 0.3) is 0 Å². The minimum atomic E-state index is -0.477. The average molecular weight is 445 g/mol. The van der Waals surface area contributed by atoms with Gasteiger partial charge in [0, 0.05) is 15.6 Å². The van der Waals surface area contributed by atoms with Gasteiger partial charge in [0.2, 0.25) is 0 Å². The molecule has 1 saturated heterocycles. The molecule has 1 fully saturated rings. The van der Waals surface area contributed by atoms with E-state index < -0.39 is 7.12 Å². The van der Waals surface area contributed by atoms with E-state index in [1.807, 2.05) is 71.9 Å². The lowest BCUT2D eigenvalue weighted by molar-refractivity contribution is 0.00578. The lowest BCUT2D eigenvalue weighted by Crippen LogP contribution is -2.41. The largest absolute Gasteiger partial charge is 0.495 e. The Bertz CT molecular complexity index is 861. The van der Waals surface area contributed by atoms with Crippen LogP contribution in [0, 0.1) is 13.8 Å². The van der Waals surface area contributed by atoms with Gasteiger partial charge in [-0.3, -0.25) is 9.59 Å². The standard InChI is InChI=1S/C14H19BO3.C8H7BrO/c1-10-6-7-11(9-16)12(8-10)15-17-13(2,3)14(4,5)18-15;1-6-2-3-7(5-10)8(9)4-6/h6-9H,1-5H3;2-5H,1H3. The average Bonchev–Trinajstić information content (AvgIpc) is 2.83. The van der Waals surface area contributed by atoms with Crippen molar-refractivity contribution in [1.82, 2.24) is 0 Å². The molecule has 28 heavy (non-hydrogen) atoms. The summed E-state index contributed by atoms with van der Waals surface area (Å²) in [6.07, 6.45) is 1.68. The first-order valence-corrected chi connectivity index (χ1v) is 9.93. The molecule has 0 atom stereocenters. The van der Waals surface area contributed by atoms with Gasteiger partial charge in [-0.1, -0.05) is 51.8 Å². The summed E-state index contributed by atoms with van der Waals surface area (Å²) in [6.45, 7) is 12.0. The number of carbonyl (C=O) groups is 2. The number of rotatable bonds is 3. The molecule has 4 nitrogen and oxygen atoms in total. The van der Waals surface area contributed by atoms with E-state index in [0.717, 1.165) is 33.6 Å². The highest BCUT2D eigenvalue weighted by molar-refractivity contribution is 9.10. The zero-order valence-electron chi connectivity index (χ0n) is 17.2. The van der Waals surface area contributed by atoms with Gasteiger partial charge in [-0.15, -0.1) is 0 Å². The van der Waals surface area contributed by atoms with Gasteiger partial charge < -0.3 is 9.31 Å². The van der Waals surface area contributed by atoms with Crippen molar-refractivity contribution >= 4 is 41.1 Å². The van der Waals surface area contributed by atoms with Crippen LogP contribution in [0.5, 0.6) is 0 Å². The molecule has 1 heterocycles. The Kier molecular flexibility index (Phi) is 7.02. The maximum Gasteiger partial charge on any atom is 0.495 e. The summed E-state index contributed by atoms with van der Waals surface area (Å²) >= 11 is 3.28. The molecule has 148 valence electrons. The van der Waals surface area contributed by atoms with Crippen molar-refractivity contribution in [3.8, 4) is 0 Å². The van der Waals surface area contributed by atoms with Gasteiger partial charge in [0.05, 0.1) is 11.2 Å². The predicted octanol–water partition coefficient (Wildman–Crippen LogP) is 4.68. The second-order valence-corrected chi connectivity index (χ2v) is 8.84. The van der Waals surface area contributed by atoms with Gasteiger partial charge in [-0.05, 0) is 58.6 Å². The van der Waals surface area contributed by atoms with Gasteiger partial charge in [-0.2, -0.15) is 0 Å². The molecular formula is C22H26BBrO4. The predicted molar refractivity (Wildman–Crippen MR) is 117 cm³/mol. The molecule has 0 saturated carbocycles. The molecule has 1 aliphatic heterocycles. The van der Waals surface area contributed by atoms with Gasteiger partial charge in [-0.25, -0.2) is 0 Å². The van der Waals surface area contributed by atoms with E-state index >= 15 is 0 Å². The second-order valence-electron chi connectivity index (χ2n) is 7.98. The molecule has 6 heteroatoms. The summed E-state index contributed by atoms with van der Waals surface area (Å²) in [5.74, 6) is 0. The molecule has 2 aromatic rings. The van der Waals surface area contributed by atoms with Crippen LogP contribution >= 0.6 is 15.9 Å². The minimum absolute atomic E-state index is 0.387. The van der Waals surface area contributed by atoms with Crippen molar-refractivity contribution in [2.24, 2.45) is 0 Å². The normalized spacial score (nSPS) is 16.9. The highest BCUT2D eigenvalue weighted by atomic mass is 79.9. The van der Waals surface area contributed by atoms with Gasteiger partial charge in [0.15, 0.2) is 6.29 Å². The molecule has 0 radical (unpaired) electrons. The summed E-state index contributed by atoms with van der Waals surface area (Å²) < 4.78 is 12.8.